The van der Waals surface area contributed by atoms with Crippen LogP contribution in [-0.2, 0) is 14.3 Å². The summed E-state index contributed by atoms with van der Waals surface area (Å²) in [5, 5.41) is 3.54. The molecular weight excluding hydrogens is 298 g/mol. The van der Waals surface area contributed by atoms with Crippen LogP contribution in [0.25, 0.3) is 0 Å². The van der Waals surface area contributed by atoms with E-state index >= 15 is 0 Å². The zero-order chi connectivity index (χ0) is 11.8. The molecule has 0 atom stereocenters. The molecule has 0 aromatic heterocycles. The molecule has 3 aliphatic rings. The SMILES string of the molecule is [NH3+]C(=O)C1=CSC(=C2SC3=C(OCCO3)S2)S1. The summed E-state index contributed by atoms with van der Waals surface area (Å²) in [6.45, 7) is 1.21. The molecular formula is C9H8NO3S4+. The highest BCUT2D eigenvalue weighted by molar-refractivity contribution is 8.34. The number of hydrogen-bond donors (Lipinski definition) is 1. The molecule has 0 aromatic carbocycles. The monoisotopic (exact) mass is 306 g/mol. The van der Waals surface area contributed by atoms with Crippen LogP contribution in [0.1, 0.15) is 0 Å². The van der Waals surface area contributed by atoms with Gasteiger partial charge in [-0.05, 0) is 23.5 Å². The fourth-order valence-electron chi connectivity index (χ4n) is 1.27. The van der Waals surface area contributed by atoms with Crippen molar-refractivity contribution in [3.63, 3.8) is 0 Å². The average molecular weight is 306 g/mol. The second-order valence-electron chi connectivity index (χ2n) is 3.18. The van der Waals surface area contributed by atoms with E-state index in [9.17, 15) is 4.79 Å². The molecule has 0 aliphatic carbocycles. The first kappa shape index (κ1) is 11.9. The summed E-state index contributed by atoms with van der Waals surface area (Å²) in [4.78, 5) is 11.8. The van der Waals surface area contributed by atoms with Crippen molar-refractivity contribution >= 4 is 53.0 Å². The number of quaternary nitrogens is 1. The van der Waals surface area contributed by atoms with E-state index in [1.54, 1.807) is 35.3 Å². The quantitative estimate of drug-likeness (QED) is 0.793. The predicted molar refractivity (Wildman–Crippen MR) is 72.3 cm³/mol. The maximum absolute atomic E-state index is 11.1. The number of thioether (sulfide) groups is 4. The number of amides is 1. The van der Waals surface area contributed by atoms with Crippen LogP contribution in [0, 0.1) is 0 Å². The Morgan fingerprint density at radius 3 is 2.29 bits per heavy atom. The van der Waals surface area contributed by atoms with Gasteiger partial charge in [0.1, 0.15) is 18.1 Å². The Labute approximate surface area is 115 Å². The van der Waals surface area contributed by atoms with Crippen molar-refractivity contribution in [2.75, 3.05) is 13.2 Å². The molecule has 4 nitrogen and oxygen atoms in total. The van der Waals surface area contributed by atoms with Crippen molar-refractivity contribution in [2.45, 2.75) is 0 Å². The van der Waals surface area contributed by atoms with Gasteiger partial charge in [0.05, 0.1) is 8.47 Å². The van der Waals surface area contributed by atoms with Gasteiger partial charge in [-0.1, -0.05) is 23.5 Å². The minimum Gasteiger partial charge on any atom is -0.480 e. The van der Waals surface area contributed by atoms with Crippen molar-refractivity contribution in [1.29, 1.82) is 0 Å². The van der Waals surface area contributed by atoms with Crippen molar-refractivity contribution in [2.24, 2.45) is 0 Å². The molecule has 0 fully saturated rings. The van der Waals surface area contributed by atoms with E-state index in [1.165, 1.54) is 11.8 Å². The summed E-state index contributed by atoms with van der Waals surface area (Å²) in [6, 6.07) is 0. The molecule has 0 radical (unpaired) electrons. The van der Waals surface area contributed by atoms with Crippen LogP contribution in [0.2, 0.25) is 0 Å². The van der Waals surface area contributed by atoms with E-state index in [-0.39, 0.29) is 5.91 Å². The highest BCUT2D eigenvalue weighted by Crippen LogP contribution is 2.58. The molecule has 0 saturated heterocycles. The number of hydrogen-bond acceptors (Lipinski definition) is 7. The molecule has 8 heteroatoms. The summed E-state index contributed by atoms with van der Waals surface area (Å²) < 4.78 is 13.3. The zero-order valence-electron chi connectivity index (χ0n) is 8.56. The van der Waals surface area contributed by atoms with Crippen LogP contribution in [0.5, 0.6) is 0 Å². The largest absolute Gasteiger partial charge is 0.480 e. The summed E-state index contributed by atoms with van der Waals surface area (Å²) in [7, 11) is 0. The fraction of sp³-hybridized carbons (Fsp3) is 0.222. The van der Waals surface area contributed by atoms with Gasteiger partial charge < -0.3 is 9.47 Å². The minimum atomic E-state index is -0.128. The van der Waals surface area contributed by atoms with E-state index in [4.69, 9.17) is 9.47 Å². The summed E-state index contributed by atoms with van der Waals surface area (Å²) in [6.07, 6.45) is 0. The van der Waals surface area contributed by atoms with Gasteiger partial charge >= 0.3 is 5.91 Å². The lowest BCUT2D eigenvalue weighted by Gasteiger charge is -2.13. The van der Waals surface area contributed by atoms with Crippen molar-refractivity contribution < 1.29 is 20.0 Å². The minimum absolute atomic E-state index is 0.128. The average Bonchev–Trinajstić information content (AvgIpc) is 2.95. The first-order chi connectivity index (χ1) is 8.24. The van der Waals surface area contributed by atoms with Crippen LogP contribution in [0.15, 0.2) is 29.0 Å². The molecule has 3 heterocycles. The maximum atomic E-state index is 11.1. The van der Waals surface area contributed by atoms with Gasteiger partial charge in [0, 0.05) is 5.41 Å². The number of carbonyl (C=O) groups is 1. The van der Waals surface area contributed by atoms with Gasteiger partial charge in [0.25, 0.3) is 0 Å². The Morgan fingerprint density at radius 1 is 1.12 bits per heavy atom. The Bertz CT molecular complexity index is 463. The predicted octanol–water partition coefficient (Wildman–Crippen LogP) is 1.86. The maximum Gasteiger partial charge on any atom is 0.348 e. The Balaban J connectivity index is 1.75. The zero-order valence-corrected chi connectivity index (χ0v) is 11.8. The third-order valence-corrected chi connectivity index (χ3v) is 7.32. The summed E-state index contributed by atoms with van der Waals surface area (Å²) in [5.74, 6) is -0.128. The van der Waals surface area contributed by atoms with Crippen LogP contribution in [0.3, 0.4) is 0 Å². The fourth-order valence-corrected chi connectivity index (χ4v) is 6.03. The first-order valence-electron chi connectivity index (χ1n) is 4.75. The highest BCUT2D eigenvalue weighted by atomic mass is 32.2. The third-order valence-electron chi connectivity index (χ3n) is 2.00. The summed E-state index contributed by atoms with van der Waals surface area (Å²) >= 11 is 6.18. The van der Waals surface area contributed by atoms with Gasteiger partial charge in [-0.15, -0.1) is 0 Å². The van der Waals surface area contributed by atoms with E-state index in [0.29, 0.717) is 18.1 Å². The first-order valence-corrected chi connectivity index (χ1v) is 8.08. The molecule has 0 aromatic rings. The Morgan fingerprint density at radius 2 is 1.76 bits per heavy atom. The lowest BCUT2D eigenvalue weighted by Crippen LogP contribution is -2.57. The molecule has 0 spiro atoms. The van der Waals surface area contributed by atoms with Crippen LogP contribution < -0.4 is 5.73 Å². The van der Waals surface area contributed by atoms with Crippen molar-refractivity contribution in [3.05, 3.63) is 29.0 Å². The highest BCUT2D eigenvalue weighted by Gasteiger charge is 2.32. The smallest absolute Gasteiger partial charge is 0.348 e. The summed E-state index contributed by atoms with van der Waals surface area (Å²) in [5.41, 5.74) is 3.42. The lowest BCUT2D eigenvalue weighted by molar-refractivity contribution is -0.298. The van der Waals surface area contributed by atoms with E-state index < -0.39 is 0 Å². The van der Waals surface area contributed by atoms with Gasteiger partial charge in [-0.25, -0.2) is 4.79 Å². The van der Waals surface area contributed by atoms with Crippen LogP contribution in [-0.4, -0.2) is 19.1 Å². The van der Waals surface area contributed by atoms with Crippen molar-refractivity contribution in [1.82, 2.24) is 0 Å². The molecule has 3 aliphatic heterocycles. The number of rotatable bonds is 1. The molecule has 0 bridgehead atoms. The van der Waals surface area contributed by atoms with Gasteiger partial charge in [-0.2, -0.15) is 0 Å². The van der Waals surface area contributed by atoms with Gasteiger partial charge in [0.2, 0.25) is 10.2 Å². The van der Waals surface area contributed by atoms with E-state index in [1.807, 2.05) is 5.41 Å². The Kier molecular flexibility index (Phi) is 3.40. The molecule has 17 heavy (non-hydrogen) atoms. The third kappa shape index (κ3) is 2.37. The molecule has 0 saturated carbocycles. The normalized spacial score (nSPS) is 23.2. The number of carbonyl (C=O) groups excluding carboxylic acids is 1. The topological polar surface area (TPSA) is 63.2 Å². The molecule has 90 valence electrons. The van der Waals surface area contributed by atoms with Gasteiger partial charge in [-0.3, -0.25) is 5.73 Å². The van der Waals surface area contributed by atoms with E-state index in [0.717, 1.165) is 18.7 Å². The molecule has 3 rings (SSSR count). The molecule has 1 amide bonds. The van der Waals surface area contributed by atoms with Crippen molar-refractivity contribution in [3.8, 4) is 0 Å². The molecule has 0 unspecified atom stereocenters. The van der Waals surface area contributed by atoms with E-state index in [2.05, 4.69) is 5.73 Å². The second kappa shape index (κ2) is 4.85. The van der Waals surface area contributed by atoms with Crippen LogP contribution >= 0.6 is 47.0 Å². The van der Waals surface area contributed by atoms with Crippen LogP contribution in [0.4, 0.5) is 0 Å². The lowest BCUT2D eigenvalue weighted by atomic mass is 10.6. The van der Waals surface area contributed by atoms with Gasteiger partial charge in [0.15, 0.2) is 0 Å². The standard InChI is InChI=1S/C9H7NO3S4/c10-5(11)4-3-14-8(15-4)9-16-6-7(17-9)13-2-1-12-6/h3H,1-2H2,(H2,10,11)/p+1. The Hall–Kier alpha value is -0.150. The number of ether oxygens (including phenoxy) is 2. The second-order valence-corrected chi connectivity index (χ2v) is 7.59. The molecule has 3 N–H and O–H groups in total.